The number of primary amides is 1. The summed E-state index contributed by atoms with van der Waals surface area (Å²) in [4.78, 5) is 56.8. The summed E-state index contributed by atoms with van der Waals surface area (Å²) < 4.78 is 6.03. The number of likely N-dealkylation sites (N-methyl/N-ethyl adjacent to an activating group) is 1. The van der Waals surface area contributed by atoms with E-state index in [1.807, 2.05) is 0 Å². The van der Waals surface area contributed by atoms with Crippen molar-refractivity contribution in [1.29, 1.82) is 0 Å². The Labute approximate surface area is 236 Å². The molecule has 0 bridgehead atoms. The third-order valence-corrected chi connectivity index (χ3v) is 9.07. The standard InChI is InChI=1S/C29H35N3O9/c1-13-14-7-6-8-15(33)18(14)23(35)19-17(13)25(41-16(34)9-12-32-10-4-5-11-32)21-22(31(2)3)24(36)20(28(30)39)27(38)29(21,40)26(19)37/h6-8,13,17,21-22,25,33,36-37,40H,4-5,9-12H2,1-3H3,(H2,30,39)/t13-,17?,21?,22-,25-,29-/m0/s1. The number of amides is 1. The highest BCUT2D eigenvalue weighted by molar-refractivity contribution is 6.25. The van der Waals surface area contributed by atoms with Gasteiger partial charge in [0.1, 0.15) is 28.9 Å². The number of likely N-dealkylation sites (tertiary alicyclic amines) is 1. The molecule has 41 heavy (non-hydrogen) atoms. The minimum absolute atomic E-state index is 0.00592. The summed E-state index contributed by atoms with van der Waals surface area (Å²) in [6, 6.07) is 3.19. The number of Topliss-reactive ketones (excluding diaryl/α,β-unsaturated/α-hetero) is 2. The zero-order chi connectivity index (χ0) is 30.0. The van der Waals surface area contributed by atoms with Gasteiger partial charge in [0.15, 0.2) is 11.4 Å². The van der Waals surface area contributed by atoms with Crippen LogP contribution in [-0.2, 0) is 19.1 Å². The van der Waals surface area contributed by atoms with Crippen LogP contribution >= 0.6 is 0 Å². The van der Waals surface area contributed by atoms with Gasteiger partial charge in [0.05, 0.1) is 23.9 Å². The van der Waals surface area contributed by atoms with E-state index in [1.165, 1.54) is 25.1 Å². The highest BCUT2D eigenvalue weighted by Crippen LogP contribution is 2.56. The fraction of sp³-hybridized carbons (Fsp3) is 0.517. The summed E-state index contributed by atoms with van der Waals surface area (Å²) in [5.41, 5.74) is 1.46. The van der Waals surface area contributed by atoms with Crippen LogP contribution in [0.2, 0.25) is 0 Å². The number of rotatable bonds is 6. The van der Waals surface area contributed by atoms with Crippen molar-refractivity contribution in [1.82, 2.24) is 9.80 Å². The van der Waals surface area contributed by atoms with Gasteiger partial charge in [-0.1, -0.05) is 19.1 Å². The lowest BCUT2D eigenvalue weighted by Crippen LogP contribution is -2.69. The van der Waals surface area contributed by atoms with E-state index >= 15 is 0 Å². The van der Waals surface area contributed by atoms with Crippen LogP contribution in [0, 0.1) is 11.8 Å². The molecule has 1 fully saturated rings. The number of nitrogens with zero attached hydrogens (tertiary/aromatic N) is 2. The Hall–Kier alpha value is -3.74. The number of ketones is 2. The molecule has 0 aromatic heterocycles. The molecule has 1 heterocycles. The Bertz CT molecular complexity index is 1390. The number of ether oxygens (including phenoxy) is 1. The van der Waals surface area contributed by atoms with Crippen molar-refractivity contribution in [2.75, 3.05) is 33.7 Å². The van der Waals surface area contributed by atoms with Gasteiger partial charge in [-0.05, 0) is 57.6 Å². The number of aromatic hydroxyl groups is 1. The molecule has 0 saturated carbocycles. The number of aliphatic hydroxyl groups is 3. The van der Waals surface area contributed by atoms with Crippen molar-refractivity contribution >= 4 is 23.4 Å². The maximum Gasteiger partial charge on any atom is 0.307 e. The fourth-order valence-corrected chi connectivity index (χ4v) is 7.16. The van der Waals surface area contributed by atoms with Crippen LogP contribution in [0.4, 0.5) is 0 Å². The molecule has 6 N–H and O–H groups in total. The van der Waals surface area contributed by atoms with E-state index in [0.717, 1.165) is 25.9 Å². The number of fused-ring (bicyclic) bond motifs is 3. The number of carbonyl (C=O) groups is 4. The minimum Gasteiger partial charge on any atom is -0.510 e. The molecule has 0 spiro atoms. The van der Waals surface area contributed by atoms with E-state index < -0.39 is 81.6 Å². The number of hydrogen-bond acceptors (Lipinski definition) is 11. The number of nitrogens with two attached hydrogens (primary N) is 1. The average Bonchev–Trinajstić information content (AvgIpc) is 3.42. The topological polar surface area (TPSA) is 191 Å². The quantitative estimate of drug-likeness (QED) is 0.239. The van der Waals surface area contributed by atoms with E-state index in [4.69, 9.17) is 10.5 Å². The largest absolute Gasteiger partial charge is 0.510 e. The van der Waals surface area contributed by atoms with E-state index in [0.29, 0.717) is 12.1 Å². The molecule has 1 aromatic carbocycles. The first kappa shape index (κ1) is 28.8. The fourth-order valence-electron chi connectivity index (χ4n) is 7.16. The van der Waals surface area contributed by atoms with Crippen LogP contribution in [0.3, 0.4) is 0 Å². The van der Waals surface area contributed by atoms with E-state index in [9.17, 15) is 39.6 Å². The molecular weight excluding hydrogens is 534 g/mol. The molecule has 5 rings (SSSR count). The van der Waals surface area contributed by atoms with Crippen molar-refractivity contribution in [3.05, 3.63) is 52.0 Å². The summed E-state index contributed by atoms with van der Waals surface area (Å²) in [6.45, 7) is 3.84. The number of esters is 1. The van der Waals surface area contributed by atoms with Gasteiger partial charge in [-0.25, -0.2) is 0 Å². The van der Waals surface area contributed by atoms with Crippen LogP contribution in [0.1, 0.15) is 48.0 Å². The second kappa shape index (κ2) is 10.3. The zero-order valence-corrected chi connectivity index (χ0v) is 23.2. The van der Waals surface area contributed by atoms with Gasteiger partial charge in [-0.2, -0.15) is 0 Å². The summed E-state index contributed by atoms with van der Waals surface area (Å²) >= 11 is 0. The molecule has 4 aliphatic rings. The van der Waals surface area contributed by atoms with Crippen LogP contribution in [0.15, 0.2) is 40.9 Å². The number of phenolic OH excluding ortho intramolecular Hbond substituents is 1. The van der Waals surface area contributed by atoms with Gasteiger partial charge in [-0.3, -0.25) is 24.1 Å². The van der Waals surface area contributed by atoms with E-state index in [1.54, 1.807) is 19.1 Å². The Morgan fingerprint density at radius 2 is 1.80 bits per heavy atom. The zero-order valence-electron chi connectivity index (χ0n) is 23.2. The maximum absolute atomic E-state index is 13.9. The van der Waals surface area contributed by atoms with Crippen molar-refractivity contribution in [3.63, 3.8) is 0 Å². The molecular formula is C29H35N3O9. The van der Waals surface area contributed by atoms with Gasteiger partial charge >= 0.3 is 5.97 Å². The predicted octanol–water partition coefficient (Wildman–Crippen LogP) is 0.689. The summed E-state index contributed by atoms with van der Waals surface area (Å²) in [6.07, 6.45) is 0.636. The SMILES string of the molecule is C[C@H]1c2cccc(O)c2C(=O)C2=C(O)[C@]3(O)C(=O)C(C(N)=O)=C(O)[C@@H](N(C)C)C3[C@@H](OC(=O)CCN3CCCC3)C21. The first-order valence-corrected chi connectivity index (χ1v) is 13.7. The third kappa shape index (κ3) is 4.23. The molecule has 1 saturated heterocycles. The summed E-state index contributed by atoms with van der Waals surface area (Å²) in [7, 11) is 3.03. The van der Waals surface area contributed by atoms with Crippen molar-refractivity contribution < 1.29 is 44.3 Å². The number of hydrogen-bond donors (Lipinski definition) is 5. The molecule has 1 aliphatic heterocycles. The summed E-state index contributed by atoms with van der Waals surface area (Å²) in [5.74, 6) is -9.58. The number of aliphatic hydroxyl groups excluding tert-OH is 2. The van der Waals surface area contributed by atoms with Gasteiger partial charge in [0.2, 0.25) is 5.78 Å². The normalized spacial score (nSPS) is 31.7. The molecule has 220 valence electrons. The molecule has 3 aliphatic carbocycles. The Morgan fingerprint density at radius 3 is 2.41 bits per heavy atom. The van der Waals surface area contributed by atoms with Crippen LogP contribution in [-0.4, -0.2) is 105 Å². The Kier molecular flexibility index (Phi) is 7.21. The molecule has 12 heteroatoms. The molecule has 1 amide bonds. The molecule has 1 aromatic rings. The van der Waals surface area contributed by atoms with E-state index in [2.05, 4.69) is 4.90 Å². The highest BCUT2D eigenvalue weighted by Gasteiger charge is 2.68. The molecule has 6 atom stereocenters. The smallest absolute Gasteiger partial charge is 0.307 e. The Balaban J connectivity index is 1.71. The van der Waals surface area contributed by atoms with E-state index in [-0.39, 0.29) is 17.7 Å². The molecule has 0 radical (unpaired) electrons. The first-order valence-electron chi connectivity index (χ1n) is 13.7. The van der Waals surface area contributed by atoms with Gasteiger partial charge in [-0.15, -0.1) is 0 Å². The lowest BCUT2D eigenvalue weighted by atomic mass is 9.55. The van der Waals surface area contributed by atoms with Crippen LogP contribution in [0.5, 0.6) is 5.75 Å². The predicted molar refractivity (Wildman–Crippen MR) is 144 cm³/mol. The number of phenols is 1. The van der Waals surface area contributed by atoms with Gasteiger partial charge < -0.3 is 35.8 Å². The van der Waals surface area contributed by atoms with Crippen LogP contribution in [0.25, 0.3) is 0 Å². The average molecular weight is 570 g/mol. The van der Waals surface area contributed by atoms with Crippen molar-refractivity contribution in [2.24, 2.45) is 17.6 Å². The highest BCUT2D eigenvalue weighted by atomic mass is 16.5. The monoisotopic (exact) mass is 569 g/mol. The lowest BCUT2D eigenvalue weighted by molar-refractivity contribution is -0.181. The van der Waals surface area contributed by atoms with Crippen LogP contribution < -0.4 is 5.73 Å². The maximum atomic E-state index is 13.9. The number of carbonyl (C=O) groups excluding carboxylic acids is 4. The number of benzene rings is 1. The Morgan fingerprint density at radius 1 is 1.15 bits per heavy atom. The minimum atomic E-state index is -2.95. The van der Waals surface area contributed by atoms with Gasteiger partial charge in [0, 0.05) is 18.0 Å². The van der Waals surface area contributed by atoms with Crippen molar-refractivity contribution in [3.8, 4) is 5.75 Å². The summed E-state index contributed by atoms with van der Waals surface area (Å²) in [5, 5.41) is 45.4. The third-order valence-electron chi connectivity index (χ3n) is 9.07. The molecule has 12 nitrogen and oxygen atoms in total. The van der Waals surface area contributed by atoms with Crippen molar-refractivity contribution in [2.45, 2.75) is 49.9 Å². The lowest BCUT2D eigenvalue weighted by Gasteiger charge is -2.54. The molecule has 2 unspecified atom stereocenters. The van der Waals surface area contributed by atoms with Gasteiger partial charge in [0.25, 0.3) is 5.91 Å². The first-order chi connectivity index (χ1) is 19.3. The second-order valence-corrected chi connectivity index (χ2v) is 11.6. The second-order valence-electron chi connectivity index (χ2n) is 11.6.